The van der Waals surface area contributed by atoms with Crippen molar-refractivity contribution >= 4 is 31.5 Å². The van der Waals surface area contributed by atoms with Crippen molar-refractivity contribution in [2.45, 2.75) is 44.2 Å². The molecular formula is C24H31Cl2NO4Si. The normalized spacial score (nSPS) is 20.0. The predicted molar refractivity (Wildman–Crippen MR) is 130 cm³/mol. The van der Waals surface area contributed by atoms with Gasteiger partial charge in [0.1, 0.15) is 12.2 Å². The van der Waals surface area contributed by atoms with E-state index in [1.807, 2.05) is 60.7 Å². The molecule has 4 atom stereocenters. The average molecular weight is 497 g/mol. The molecular weight excluding hydrogens is 465 g/mol. The molecule has 4 unspecified atom stereocenters. The van der Waals surface area contributed by atoms with Crippen LogP contribution in [0.3, 0.4) is 0 Å². The van der Waals surface area contributed by atoms with Crippen LogP contribution in [0, 0.1) is 11.3 Å². The molecule has 3 rings (SSSR count). The molecule has 0 aromatic heterocycles. The Morgan fingerprint density at radius 3 is 2.19 bits per heavy atom. The van der Waals surface area contributed by atoms with Gasteiger partial charge in [0.15, 0.2) is 20.7 Å². The summed E-state index contributed by atoms with van der Waals surface area (Å²) >= 11 is 11.3. The van der Waals surface area contributed by atoms with Crippen LogP contribution in [0.25, 0.3) is 0 Å². The Kier molecular flexibility index (Phi) is 11.7. The van der Waals surface area contributed by atoms with E-state index in [1.54, 1.807) is 0 Å². The van der Waals surface area contributed by atoms with Crippen LogP contribution in [0.4, 0.5) is 0 Å². The fraction of sp³-hybridized carbons (Fsp3) is 0.458. The van der Waals surface area contributed by atoms with Crippen LogP contribution in [-0.4, -0.2) is 45.7 Å². The van der Waals surface area contributed by atoms with E-state index in [9.17, 15) is 0 Å². The van der Waals surface area contributed by atoms with Gasteiger partial charge in [0.25, 0.3) is 0 Å². The van der Waals surface area contributed by atoms with Crippen molar-refractivity contribution in [3.05, 3.63) is 71.8 Å². The molecule has 0 bridgehead atoms. The molecule has 2 aromatic carbocycles. The van der Waals surface area contributed by atoms with Crippen molar-refractivity contribution < 1.29 is 18.6 Å². The van der Waals surface area contributed by atoms with E-state index in [2.05, 4.69) is 25.7 Å². The Balaban J connectivity index is 0.000000242. The summed E-state index contributed by atoms with van der Waals surface area (Å²) < 4.78 is 22.5. The standard InChI is InChI=1S/C14H20ClNO2Si.C10H11ClO2/c1-19(2,3)17-11-14(18-13(9-15)10-16)12-7-5-4-6-8-12;11-6-10-12-7-9(13-10)8-4-2-1-3-5-8/h4-8,13-14H,9,11H2,1-3H3;1-5,9-10H,6-7H2. The molecule has 8 heteroatoms. The second kappa shape index (κ2) is 14.0. The average Bonchev–Trinajstić information content (AvgIpc) is 3.30. The van der Waals surface area contributed by atoms with Crippen LogP contribution < -0.4 is 0 Å². The highest BCUT2D eigenvalue weighted by atomic mass is 35.5. The lowest BCUT2D eigenvalue weighted by Gasteiger charge is -2.25. The molecule has 0 N–H and O–H groups in total. The van der Waals surface area contributed by atoms with Crippen molar-refractivity contribution in [2.75, 3.05) is 25.0 Å². The van der Waals surface area contributed by atoms with Gasteiger partial charge < -0.3 is 18.6 Å². The lowest BCUT2D eigenvalue weighted by atomic mass is 10.1. The summed E-state index contributed by atoms with van der Waals surface area (Å²) in [6, 6.07) is 21.9. The van der Waals surface area contributed by atoms with Gasteiger partial charge in [0.05, 0.1) is 31.0 Å². The van der Waals surface area contributed by atoms with Gasteiger partial charge in [-0.25, -0.2) is 0 Å². The van der Waals surface area contributed by atoms with Gasteiger partial charge in [-0.1, -0.05) is 60.7 Å². The Bertz CT molecular complexity index is 814. The molecule has 0 radical (unpaired) electrons. The van der Waals surface area contributed by atoms with Crippen LogP contribution in [-0.2, 0) is 18.6 Å². The van der Waals surface area contributed by atoms with E-state index >= 15 is 0 Å². The first-order chi connectivity index (χ1) is 15.4. The van der Waals surface area contributed by atoms with E-state index in [0.29, 0.717) is 19.1 Å². The van der Waals surface area contributed by atoms with Gasteiger partial charge in [-0.05, 0) is 30.8 Å². The highest BCUT2D eigenvalue weighted by molar-refractivity contribution is 6.69. The third kappa shape index (κ3) is 9.59. The Labute approximate surface area is 202 Å². The van der Waals surface area contributed by atoms with Crippen molar-refractivity contribution in [3.63, 3.8) is 0 Å². The van der Waals surface area contributed by atoms with Crippen LogP contribution >= 0.6 is 23.2 Å². The number of halogens is 2. The first-order valence-electron chi connectivity index (χ1n) is 10.5. The molecule has 0 aliphatic carbocycles. The quantitative estimate of drug-likeness (QED) is 0.312. The molecule has 0 amide bonds. The highest BCUT2D eigenvalue weighted by Crippen LogP contribution is 2.26. The molecule has 0 spiro atoms. The molecule has 0 saturated carbocycles. The van der Waals surface area contributed by atoms with Gasteiger partial charge in [-0.15, -0.1) is 23.2 Å². The summed E-state index contributed by atoms with van der Waals surface area (Å²) in [6.07, 6.45) is -1.06. The number of ether oxygens (including phenoxy) is 3. The minimum absolute atomic E-state index is 0.0462. The zero-order valence-electron chi connectivity index (χ0n) is 18.7. The molecule has 1 saturated heterocycles. The maximum absolute atomic E-state index is 8.96. The summed E-state index contributed by atoms with van der Waals surface area (Å²) in [5.74, 6) is 0.552. The monoisotopic (exact) mass is 495 g/mol. The van der Waals surface area contributed by atoms with Crippen molar-refractivity contribution in [3.8, 4) is 6.07 Å². The number of benzene rings is 2. The molecule has 2 aromatic rings. The molecule has 1 aliphatic rings. The number of nitriles is 1. The first kappa shape index (κ1) is 26.8. The highest BCUT2D eigenvalue weighted by Gasteiger charge is 2.26. The van der Waals surface area contributed by atoms with Crippen molar-refractivity contribution in [1.29, 1.82) is 5.26 Å². The Morgan fingerprint density at radius 2 is 1.69 bits per heavy atom. The molecule has 174 valence electrons. The maximum atomic E-state index is 8.96. The first-order valence-corrected chi connectivity index (χ1v) is 15.0. The molecule has 1 heterocycles. The van der Waals surface area contributed by atoms with Crippen LogP contribution in [0.2, 0.25) is 19.6 Å². The van der Waals surface area contributed by atoms with Crippen molar-refractivity contribution in [1.82, 2.24) is 0 Å². The topological polar surface area (TPSA) is 60.7 Å². The smallest absolute Gasteiger partial charge is 0.183 e. The minimum atomic E-state index is -1.62. The third-order valence-electron chi connectivity index (χ3n) is 4.50. The number of nitrogens with zero attached hydrogens (tertiary/aromatic N) is 1. The fourth-order valence-electron chi connectivity index (χ4n) is 2.89. The summed E-state index contributed by atoms with van der Waals surface area (Å²) in [5.41, 5.74) is 2.15. The SMILES string of the molecule is C[Si](C)(C)OCC(OC(C#N)CCl)c1ccccc1.ClCC1OCC(c2ccccc2)O1. The lowest BCUT2D eigenvalue weighted by molar-refractivity contribution is -0.0398. The largest absolute Gasteiger partial charge is 0.415 e. The van der Waals surface area contributed by atoms with Crippen molar-refractivity contribution in [2.24, 2.45) is 0 Å². The Hall–Kier alpha value is -1.43. The number of rotatable bonds is 9. The zero-order chi connectivity index (χ0) is 23.4. The maximum Gasteiger partial charge on any atom is 0.183 e. The summed E-state index contributed by atoms with van der Waals surface area (Å²) in [4.78, 5) is 0. The van der Waals surface area contributed by atoms with Gasteiger partial charge in [0, 0.05) is 0 Å². The molecule has 5 nitrogen and oxygen atoms in total. The molecule has 1 fully saturated rings. The number of alkyl halides is 2. The van der Waals surface area contributed by atoms with Gasteiger partial charge in [-0.2, -0.15) is 5.26 Å². The molecule has 32 heavy (non-hydrogen) atoms. The van der Waals surface area contributed by atoms with Gasteiger partial charge >= 0.3 is 0 Å². The second-order valence-electron chi connectivity index (χ2n) is 8.18. The van der Waals surface area contributed by atoms with Crippen LogP contribution in [0.15, 0.2) is 60.7 Å². The van der Waals surface area contributed by atoms with E-state index < -0.39 is 14.4 Å². The van der Waals surface area contributed by atoms with E-state index in [4.69, 9.17) is 47.1 Å². The van der Waals surface area contributed by atoms with E-state index in [-0.39, 0.29) is 24.4 Å². The van der Waals surface area contributed by atoms with Gasteiger partial charge in [0.2, 0.25) is 0 Å². The number of hydrogen-bond acceptors (Lipinski definition) is 5. The summed E-state index contributed by atoms with van der Waals surface area (Å²) in [6.45, 7) is 7.42. The summed E-state index contributed by atoms with van der Waals surface area (Å²) in [5, 5.41) is 8.96. The zero-order valence-corrected chi connectivity index (χ0v) is 21.3. The van der Waals surface area contributed by atoms with E-state index in [1.165, 1.54) is 0 Å². The second-order valence-corrected chi connectivity index (χ2v) is 13.3. The molecule has 1 aliphatic heterocycles. The lowest BCUT2D eigenvalue weighted by Crippen LogP contribution is -2.30. The predicted octanol–water partition coefficient (Wildman–Crippen LogP) is 6.07. The third-order valence-corrected chi connectivity index (χ3v) is 6.06. The number of hydrogen-bond donors (Lipinski definition) is 0. The van der Waals surface area contributed by atoms with Gasteiger partial charge in [-0.3, -0.25) is 0 Å². The minimum Gasteiger partial charge on any atom is -0.415 e. The Morgan fingerprint density at radius 1 is 1.06 bits per heavy atom. The van der Waals surface area contributed by atoms with E-state index in [0.717, 1.165) is 11.1 Å². The van der Waals surface area contributed by atoms with Crippen LogP contribution in [0.1, 0.15) is 23.3 Å². The van der Waals surface area contributed by atoms with Crippen LogP contribution in [0.5, 0.6) is 0 Å². The summed E-state index contributed by atoms with van der Waals surface area (Å²) in [7, 11) is -1.62. The fourth-order valence-corrected chi connectivity index (χ4v) is 3.84.